The summed E-state index contributed by atoms with van der Waals surface area (Å²) < 4.78 is 0.504. The third-order valence-corrected chi connectivity index (χ3v) is 5.47. The van der Waals surface area contributed by atoms with E-state index in [1.54, 1.807) is 0 Å². The Labute approximate surface area is 183 Å². The van der Waals surface area contributed by atoms with Gasteiger partial charge in [0.1, 0.15) is 18.2 Å². The average molecular weight is 420 g/mol. The van der Waals surface area contributed by atoms with Crippen molar-refractivity contribution in [1.82, 2.24) is 0 Å². The van der Waals surface area contributed by atoms with Crippen LogP contribution in [0.1, 0.15) is 49.7 Å². The minimum absolute atomic E-state index is 0.0673. The number of nitrogens with zero attached hydrogens (tertiary/aromatic N) is 3. The van der Waals surface area contributed by atoms with Gasteiger partial charge in [0, 0.05) is 17.5 Å². The maximum absolute atomic E-state index is 11.1. The first-order valence-electron chi connectivity index (χ1n) is 10.8. The Balaban J connectivity index is 1.60. The summed E-state index contributed by atoms with van der Waals surface area (Å²) in [5.74, 6) is -2.38. The van der Waals surface area contributed by atoms with Crippen molar-refractivity contribution in [2.45, 2.75) is 38.5 Å². The van der Waals surface area contributed by atoms with Crippen LogP contribution in [0.2, 0.25) is 0 Å². The van der Waals surface area contributed by atoms with Crippen LogP contribution >= 0.6 is 0 Å². The molecule has 2 aromatic rings. The Bertz CT molecular complexity index is 954. The Hall–Kier alpha value is -3.12. The van der Waals surface area contributed by atoms with Gasteiger partial charge in [-0.1, -0.05) is 78.6 Å². The number of carbonyl (C=O) groups is 2. The molecular formula is C25H29N3O3. The summed E-state index contributed by atoms with van der Waals surface area (Å²) in [7, 11) is 2.10. The molecule has 0 aromatic heterocycles. The molecule has 2 aromatic carbocycles. The van der Waals surface area contributed by atoms with E-state index in [0.717, 1.165) is 54.8 Å². The number of ketones is 1. The molecule has 0 fully saturated rings. The standard InChI is InChI=1S/C25H29N3O3/c1-28(18-12-4-2-3-11-17-22(29)25(30)31)19-26-23(20-13-7-5-8-14-20)24(27-28)21-15-9-6-10-16-21/h5-10,13-16H,2-4,11-12,17-19H2,1H3. The SMILES string of the molecule is C[N+]1(CCCCCCCC(=O)C(=O)[O-])CN=C(c2ccccc2)C(c2ccccc2)=N1. The molecule has 0 bridgehead atoms. The highest BCUT2D eigenvalue weighted by Gasteiger charge is 2.30. The van der Waals surface area contributed by atoms with E-state index in [9.17, 15) is 14.7 Å². The van der Waals surface area contributed by atoms with Crippen LogP contribution in [0.5, 0.6) is 0 Å². The zero-order chi connectivity index (χ0) is 22.1. The van der Waals surface area contributed by atoms with Crippen LogP contribution in [-0.4, -0.2) is 48.0 Å². The van der Waals surface area contributed by atoms with E-state index < -0.39 is 11.8 Å². The van der Waals surface area contributed by atoms with Crippen molar-refractivity contribution in [3.63, 3.8) is 0 Å². The van der Waals surface area contributed by atoms with Crippen molar-refractivity contribution < 1.29 is 19.3 Å². The minimum Gasteiger partial charge on any atom is -0.542 e. The summed E-state index contributed by atoms with van der Waals surface area (Å²) >= 11 is 0. The second-order valence-electron chi connectivity index (χ2n) is 8.12. The number of aliphatic carboxylic acids is 1. The molecule has 0 aliphatic carbocycles. The predicted octanol–water partition coefficient (Wildman–Crippen LogP) is 2.96. The average Bonchev–Trinajstić information content (AvgIpc) is 2.79. The van der Waals surface area contributed by atoms with Crippen molar-refractivity contribution in [3.8, 4) is 0 Å². The van der Waals surface area contributed by atoms with Crippen LogP contribution in [-0.2, 0) is 9.59 Å². The maximum Gasteiger partial charge on any atom is 0.197 e. The normalized spacial score (nSPS) is 18.2. The fraction of sp³-hybridized carbons (Fsp3) is 0.360. The van der Waals surface area contributed by atoms with Crippen molar-refractivity contribution in [3.05, 3.63) is 71.8 Å². The molecule has 3 rings (SSSR count). The van der Waals surface area contributed by atoms with E-state index in [2.05, 4.69) is 31.3 Å². The first-order valence-corrected chi connectivity index (χ1v) is 10.8. The molecule has 0 N–H and O–H groups in total. The lowest BCUT2D eigenvalue weighted by atomic mass is 9.99. The van der Waals surface area contributed by atoms with Crippen LogP contribution < -0.4 is 5.11 Å². The summed E-state index contributed by atoms with van der Waals surface area (Å²) in [5.41, 5.74) is 3.98. The van der Waals surface area contributed by atoms with Crippen molar-refractivity contribution in [2.75, 3.05) is 20.3 Å². The van der Waals surface area contributed by atoms with Crippen LogP contribution in [0, 0.1) is 0 Å². The van der Waals surface area contributed by atoms with Gasteiger partial charge in [0.15, 0.2) is 18.2 Å². The number of carbonyl (C=O) groups excluding carboxylic acids is 2. The zero-order valence-corrected chi connectivity index (χ0v) is 18.0. The second kappa shape index (κ2) is 10.8. The fourth-order valence-electron chi connectivity index (χ4n) is 3.72. The van der Waals surface area contributed by atoms with Gasteiger partial charge in [0.2, 0.25) is 0 Å². The monoisotopic (exact) mass is 419 g/mol. The molecule has 0 saturated carbocycles. The van der Waals surface area contributed by atoms with Crippen LogP contribution in [0.4, 0.5) is 0 Å². The summed E-state index contributed by atoms with van der Waals surface area (Å²) in [6.45, 7) is 1.47. The second-order valence-corrected chi connectivity index (χ2v) is 8.12. The molecule has 1 atom stereocenters. The van der Waals surface area contributed by atoms with Crippen LogP contribution in [0.15, 0.2) is 70.8 Å². The molecule has 31 heavy (non-hydrogen) atoms. The van der Waals surface area contributed by atoms with Crippen molar-refractivity contribution >= 4 is 23.2 Å². The van der Waals surface area contributed by atoms with E-state index in [1.807, 2.05) is 36.4 Å². The van der Waals surface area contributed by atoms with Gasteiger partial charge in [-0.2, -0.15) is 4.59 Å². The number of Topliss-reactive ketones (excluding diaryl/α,β-unsaturated/α-hetero) is 1. The number of quaternary nitrogens is 1. The molecule has 0 spiro atoms. The molecule has 1 heterocycles. The number of benzene rings is 2. The third-order valence-electron chi connectivity index (χ3n) is 5.47. The minimum atomic E-state index is -1.58. The van der Waals surface area contributed by atoms with Gasteiger partial charge in [-0.15, -0.1) is 0 Å². The van der Waals surface area contributed by atoms with Crippen molar-refractivity contribution in [1.29, 1.82) is 0 Å². The van der Waals surface area contributed by atoms with E-state index in [1.165, 1.54) is 0 Å². The summed E-state index contributed by atoms with van der Waals surface area (Å²) in [6, 6.07) is 20.3. The van der Waals surface area contributed by atoms with Gasteiger partial charge in [-0.25, -0.2) is 4.99 Å². The molecule has 6 heteroatoms. The molecule has 0 amide bonds. The van der Waals surface area contributed by atoms with Crippen LogP contribution in [0.3, 0.4) is 0 Å². The van der Waals surface area contributed by atoms with Crippen molar-refractivity contribution in [2.24, 2.45) is 10.1 Å². The lowest BCUT2D eigenvalue weighted by Crippen LogP contribution is -2.45. The number of aliphatic imine (C=N–C) groups is 1. The number of rotatable bonds is 11. The lowest BCUT2D eigenvalue weighted by molar-refractivity contribution is -0.916. The molecule has 1 aliphatic rings. The first kappa shape index (κ1) is 22.6. The van der Waals surface area contributed by atoms with Gasteiger partial charge in [-0.05, 0) is 19.3 Å². The quantitative estimate of drug-likeness (QED) is 0.319. The largest absolute Gasteiger partial charge is 0.542 e. The van der Waals surface area contributed by atoms with Crippen LogP contribution in [0.25, 0.3) is 0 Å². The van der Waals surface area contributed by atoms with Gasteiger partial charge < -0.3 is 9.90 Å². The molecule has 0 radical (unpaired) electrons. The molecule has 6 nitrogen and oxygen atoms in total. The fourth-order valence-corrected chi connectivity index (χ4v) is 3.72. The lowest BCUT2D eigenvalue weighted by Gasteiger charge is -2.31. The smallest absolute Gasteiger partial charge is 0.197 e. The Morgan fingerprint density at radius 3 is 2.00 bits per heavy atom. The number of carboxylic acid groups (broad SMARTS) is 1. The summed E-state index contributed by atoms with van der Waals surface area (Å²) in [4.78, 5) is 26.4. The van der Waals surface area contributed by atoms with E-state index in [0.29, 0.717) is 17.7 Å². The molecule has 0 saturated heterocycles. The Kier molecular flexibility index (Phi) is 7.84. The van der Waals surface area contributed by atoms with Gasteiger partial charge in [-0.3, -0.25) is 4.79 Å². The number of unbranched alkanes of at least 4 members (excludes halogenated alkanes) is 4. The topological polar surface area (TPSA) is 81.9 Å². The van der Waals surface area contributed by atoms with Gasteiger partial charge in [0.05, 0.1) is 7.05 Å². The van der Waals surface area contributed by atoms with Gasteiger partial charge >= 0.3 is 0 Å². The van der Waals surface area contributed by atoms with E-state index in [4.69, 9.17) is 10.1 Å². The molecule has 1 unspecified atom stereocenters. The zero-order valence-electron chi connectivity index (χ0n) is 18.0. The predicted molar refractivity (Wildman–Crippen MR) is 120 cm³/mol. The molecule has 1 aliphatic heterocycles. The Morgan fingerprint density at radius 2 is 1.39 bits per heavy atom. The summed E-state index contributed by atoms with van der Waals surface area (Å²) in [6.07, 6.45) is 4.48. The highest BCUT2D eigenvalue weighted by Crippen LogP contribution is 2.20. The van der Waals surface area contributed by atoms with E-state index >= 15 is 0 Å². The molecule has 162 valence electrons. The molecular weight excluding hydrogens is 390 g/mol. The number of carboxylic acids is 1. The number of hydrogen-bond acceptors (Lipinski definition) is 5. The summed E-state index contributed by atoms with van der Waals surface area (Å²) in [5, 5.41) is 15.6. The number of hydrogen-bond donors (Lipinski definition) is 0. The first-order chi connectivity index (χ1) is 15.0. The van der Waals surface area contributed by atoms with E-state index in [-0.39, 0.29) is 6.42 Å². The van der Waals surface area contributed by atoms with Gasteiger partial charge in [0.25, 0.3) is 0 Å². The highest BCUT2D eigenvalue weighted by atomic mass is 16.4. The third kappa shape index (κ3) is 6.43. The Morgan fingerprint density at radius 1 is 0.839 bits per heavy atom. The highest BCUT2D eigenvalue weighted by molar-refractivity contribution is 6.53. The maximum atomic E-state index is 11.1.